The molecule has 0 aliphatic carbocycles. The summed E-state index contributed by atoms with van der Waals surface area (Å²) in [4.78, 5) is 25.3. The molecule has 0 spiro atoms. The zero-order chi connectivity index (χ0) is 18.7. The number of nitrogens with one attached hydrogen (secondary N) is 1. The standard InChI is InChI=1S/C18H22FN3O3/c1-17(2,3)25-16(24)21-14-6-4-13(5-7-14)10-15(23)22-9-8-18(19,11-20)12-22/h4-7H,8-10,12H2,1-3H3,(H,21,24)/t18-/m1/s1. The fraction of sp³-hybridized carbons (Fsp3) is 0.500. The zero-order valence-electron chi connectivity index (χ0n) is 14.6. The Hall–Kier alpha value is -2.62. The van der Waals surface area contributed by atoms with Crippen LogP contribution in [0.15, 0.2) is 24.3 Å². The van der Waals surface area contributed by atoms with Gasteiger partial charge in [-0.3, -0.25) is 10.1 Å². The number of ether oxygens (including phenoxy) is 1. The molecule has 1 N–H and O–H groups in total. The van der Waals surface area contributed by atoms with Crippen LogP contribution in [-0.2, 0) is 16.0 Å². The lowest BCUT2D eigenvalue weighted by atomic mass is 10.1. The van der Waals surface area contributed by atoms with E-state index >= 15 is 0 Å². The van der Waals surface area contributed by atoms with Crippen molar-refractivity contribution in [3.8, 4) is 6.07 Å². The molecule has 1 atom stereocenters. The molecule has 2 rings (SSSR count). The summed E-state index contributed by atoms with van der Waals surface area (Å²) in [5.74, 6) is -0.220. The van der Waals surface area contributed by atoms with Crippen LogP contribution in [0.25, 0.3) is 0 Å². The van der Waals surface area contributed by atoms with Crippen molar-refractivity contribution < 1.29 is 18.7 Å². The van der Waals surface area contributed by atoms with Crippen LogP contribution in [-0.4, -0.2) is 41.3 Å². The van der Waals surface area contributed by atoms with Gasteiger partial charge in [0.2, 0.25) is 11.6 Å². The van der Waals surface area contributed by atoms with Gasteiger partial charge in [-0.15, -0.1) is 0 Å². The van der Waals surface area contributed by atoms with Gasteiger partial charge in [-0.25, -0.2) is 9.18 Å². The molecule has 1 fully saturated rings. The van der Waals surface area contributed by atoms with Crippen LogP contribution < -0.4 is 5.32 Å². The average Bonchev–Trinajstić information content (AvgIpc) is 2.91. The summed E-state index contributed by atoms with van der Waals surface area (Å²) in [6.07, 6.45) is -0.383. The minimum atomic E-state index is -1.93. The van der Waals surface area contributed by atoms with Gasteiger partial charge in [0.05, 0.1) is 13.0 Å². The van der Waals surface area contributed by atoms with Gasteiger partial charge >= 0.3 is 6.09 Å². The van der Waals surface area contributed by atoms with Crippen molar-refractivity contribution in [2.45, 2.75) is 44.9 Å². The maximum absolute atomic E-state index is 13.9. The number of hydrogen-bond acceptors (Lipinski definition) is 4. The first-order chi connectivity index (χ1) is 11.6. The van der Waals surface area contributed by atoms with Crippen molar-refractivity contribution in [2.75, 3.05) is 18.4 Å². The predicted octanol–water partition coefficient (Wildman–Crippen LogP) is 3.04. The van der Waals surface area contributed by atoms with Gasteiger partial charge in [0.1, 0.15) is 11.7 Å². The van der Waals surface area contributed by atoms with E-state index in [1.54, 1.807) is 51.1 Å². The van der Waals surface area contributed by atoms with Gasteiger partial charge in [0.15, 0.2) is 0 Å². The summed E-state index contributed by atoms with van der Waals surface area (Å²) < 4.78 is 19.0. The summed E-state index contributed by atoms with van der Waals surface area (Å²) in [6, 6.07) is 8.39. The predicted molar refractivity (Wildman–Crippen MR) is 90.7 cm³/mol. The first kappa shape index (κ1) is 18.7. The Labute approximate surface area is 146 Å². The minimum absolute atomic E-state index is 0.0496. The van der Waals surface area contributed by atoms with Crippen molar-refractivity contribution in [2.24, 2.45) is 0 Å². The Morgan fingerprint density at radius 3 is 2.52 bits per heavy atom. The molecule has 1 aromatic rings. The van der Waals surface area contributed by atoms with Gasteiger partial charge in [0, 0.05) is 18.7 Å². The third kappa shape index (κ3) is 5.45. The normalized spacial score (nSPS) is 20.0. The Morgan fingerprint density at radius 1 is 1.36 bits per heavy atom. The van der Waals surface area contributed by atoms with Gasteiger partial charge in [-0.05, 0) is 38.5 Å². The van der Waals surface area contributed by atoms with Gasteiger partial charge in [-0.2, -0.15) is 5.26 Å². The molecular formula is C18H22FN3O3. The Morgan fingerprint density at radius 2 is 2.00 bits per heavy atom. The van der Waals surface area contributed by atoms with E-state index in [1.165, 1.54) is 4.90 Å². The van der Waals surface area contributed by atoms with Crippen molar-refractivity contribution in [3.63, 3.8) is 0 Å². The second-order valence-electron chi connectivity index (χ2n) is 7.14. The molecule has 0 radical (unpaired) electrons. The molecule has 6 nitrogen and oxygen atoms in total. The molecule has 0 unspecified atom stereocenters. The number of carbonyl (C=O) groups excluding carboxylic acids is 2. The van der Waals surface area contributed by atoms with Crippen molar-refractivity contribution in [1.82, 2.24) is 4.90 Å². The fourth-order valence-corrected chi connectivity index (χ4v) is 2.49. The fourth-order valence-electron chi connectivity index (χ4n) is 2.49. The number of halogens is 1. The molecule has 1 aliphatic heterocycles. The highest BCUT2D eigenvalue weighted by Gasteiger charge is 2.40. The van der Waals surface area contributed by atoms with Crippen molar-refractivity contribution in [3.05, 3.63) is 29.8 Å². The summed E-state index contributed by atoms with van der Waals surface area (Å²) >= 11 is 0. The lowest BCUT2D eigenvalue weighted by Gasteiger charge is -2.19. The molecule has 1 aromatic carbocycles. The van der Waals surface area contributed by atoms with E-state index in [2.05, 4.69) is 5.32 Å². The highest BCUT2D eigenvalue weighted by molar-refractivity contribution is 5.85. The van der Waals surface area contributed by atoms with E-state index in [0.29, 0.717) is 5.69 Å². The van der Waals surface area contributed by atoms with Crippen LogP contribution in [0.5, 0.6) is 0 Å². The maximum Gasteiger partial charge on any atom is 0.412 e. The highest BCUT2D eigenvalue weighted by Crippen LogP contribution is 2.25. The molecule has 0 aromatic heterocycles. The molecule has 1 heterocycles. The molecule has 7 heteroatoms. The smallest absolute Gasteiger partial charge is 0.412 e. The third-order valence-electron chi connectivity index (χ3n) is 3.73. The number of nitrogens with zero attached hydrogens (tertiary/aromatic N) is 2. The van der Waals surface area contributed by atoms with Gasteiger partial charge < -0.3 is 9.64 Å². The Bertz CT molecular complexity index is 691. The number of amides is 2. The van der Waals surface area contributed by atoms with E-state index in [0.717, 1.165) is 5.56 Å². The monoisotopic (exact) mass is 347 g/mol. The average molecular weight is 347 g/mol. The summed E-state index contributed by atoms with van der Waals surface area (Å²) in [7, 11) is 0. The van der Waals surface area contributed by atoms with E-state index in [4.69, 9.17) is 10.00 Å². The number of likely N-dealkylation sites (tertiary alicyclic amines) is 1. The number of nitriles is 1. The van der Waals surface area contributed by atoms with Crippen molar-refractivity contribution >= 4 is 17.7 Å². The highest BCUT2D eigenvalue weighted by atomic mass is 19.1. The van der Waals surface area contributed by atoms with E-state index in [9.17, 15) is 14.0 Å². The summed E-state index contributed by atoms with van der Waals surface area (Å²) in [5.41, 5.74) is -1.22. The maximum atomic E-state index is 13.9. The van der Waals surface area contributed by atoms with E-state index in [-0.39, 0.29) is 31.8 Å². The number of anilines is 1. The van der Waals surface area contributed by atoms with Crippen LogP contribution in [0.1, 0.15) is 32.8 Å². The number of rotatable bonds is 3. The van der Waals surface area contributed by atoms with Crippen LogP contribution in [0.2, 0.25) is 0 Å². The van der Waals surface area contributed by atoms with Crippen molar-refractivity contribution in [1.29, 1.82) is 5.26 Å². The lowest BCUT2D eigenvalue weighted by Crippen LogP contribution is -2.33. The molecule has 2 amide bonds. The molecule has 134 valence electrons. The molecule has 1 aliphatic rings. The van der Waals surface area contributed by atoms with Gasteiger partial charge in [-0.1, -0.05) is 12.1 Å². The number of benzene rings is 1. The van der Waals surface area contributed by atoms with E-state index < -0.39 is 17.4 Å². The molecule has 25 heavy (non-hydrogen) atoms. The van der Waals surface area contributed by atoms with Crippen LogP contribution in [0.3, 0.4) is 0 Å². The SMILES string of the molecule is CC(C)(C)OC(=O)Nc1ccc(CC(=O)N2CC[C@@](F)(C#N)C2)cc1. The molecule has 1 saturated heterocycles. The van der Waals surface area contributed by atoms with Crippen LogP contribution in [0.4, 0.5) is 14.9 Å². The Balaban J connectivity index is 1.89. The van der Waals surface area contributed by atoms with E-state index in [1.807, 2.05) is 0 Å². The molecule has 0 saturated carbocycles. The van der Waals surface area contributed by atoms with Crippen LogP contribution in [0, 0.1) is 11.3 Å². The second-order valence-corrected chi connectivity index (χ2v) is 7.14. The number of hydrogen-bond donors (Lipinski definition) is 1. The topological polar surface area (TPSA) is 82.4 Å². The second kappa shape index (κ2) is 7.09. The summed E-state index contributed by atoms with van der Waals surface area (Å²) in [5, 5.41) is 11.4. The first-order valence-electron chi connectivity index (χ1n) is 8.07. The van der Waals surface area contributed by atoms with Gasteiger partial charge in [0.25, 0.3) is 0 Å². The number of carbonyl (C=O) groups is 2. The first-order valence-corrected chi connectivity index (χ1v) is 8.07. The zero-order valence-corrected chi connectivity index (χ0v) is 14.6. The molecular weight excluding hydrogens is 325 g/mol. The quantitative estimate of drug-likeness (QED) is 0.911. The largest absolute Gasteiger partial charge is 0.444 e. The summed E-state index contributed by atoms with van der Waals surface area (Å²) in [6.45, 7) is 5.40. The molecule has 0 bridgehead atoms. The lowest BCUT2D eigenvalue weighted by molar-refractivity contribution is -0.129. The van der Waals surface area contributed by atoms with Crippen LogP contribution >= 0.6 is 0 Å². The number of alkyl halides is 1. The minimum Gasteiger partial charge on any atom is -0.444 e. The Kier molecular flexibility index (Phi) is 5.31. The third-order valence-corrected chi connectivity index (χ3v) is 3.73.